The lowest BCUT2D eigenvalue weighted by Gasteiger charge is -2.42. The summed E-state index contributed by atoms with van der Waals surface area (Å²) in [5.41, 5.74) is 3.81. The average molecular weight is 267 g/mol. The van der Waals surface area contributed by atoms with Crippen LogP contribution >= 0.6 is 0 Å². The van der Waals surface area contributed by atoms with Crippen LogP contribution in [0, 0.1) is 22.7 Å². The van der Waals surface area contributed by atoms with Crippen LogP contribution in [0.2, 0.25) is 0 Å². The first-order valence-electron chi connectivity index (χ1n) is 6.83. The molecule has 0 amide bonds. The molecule has 108 valence electrons. The van der Waals surface area contributed by atoms with Gasteiger partial charge in [0.2, 0.25) is 0 Å². The molecule has 1 aliphatic carbocycles. The van der Waals surface area contributed by atoms with Gasteiger partial charge in [-0.1, -0.05) is 13.8 Å². The topological polar surface area (TPSA) is 77.2 Å². The SMILES string of the molecule is CC(C)CC(N)C1C(=O)C(C)(C)C(=O)C(C)(C)C1=O. The Labute approximate surface area is 115 Å². The van der Waals surface area contributed by atoms with Crippen molar-refractivity contribution < 1.29 is 14.4 Å². The minimum absolute atomic E-state index is 0.303. The molecule has 1 aliphatic rings. The molecular weight excluding hydrogens is 242 g/mol. The second-order valence-electron chi connectivity index (χ2n) is 7.08. The number of nitrogens with two attached hydrogens (primary N) is 1. The van der Waals surface area contributed by atoms with E-state index >= 15 is 0 Å². The summed E-state index contributed by atoms with van der Waals surface area (Å²) in [5.74, 6) is -1.50. The molecule has 1 fully saturated rings. The van der Waals surface area contributed by atoms with Gasteiger partial charge in [0.15, 0.2) is 17.3 Å². The highest BCUT2D eigenvalue weighted by Crippen LogP contribution is 2.42. The van der Waals surface area contributed by atoms with Gasteiger partial charge in [0.1, 0.15) is 0 Å². The third kappa shape index (κ3) is 2.50. The standard InChI is InChI=1S/C15H25NO3/c1-8(2)7-9(16)10-11(17)14(3,4)13(19)15(5,6)12(10)18/h8-10H,7,16H2,1-6H3. The van der Waals surface area contributed by atoms with Crippen molar-refractivity contribution in [3.05, 3.63) is 0 Å². The Morgan fingerprint density at radius 3 is 1.68 bits per heavy atom. The zero-order valence-corrected chi connectivity index (χ0v) is 12.7. The van der Waals surface area contributed by atoms with Crippen LogP contribution in [0.1, 0.15) is 48.0 Å². The van der Waals surface area contributed by atoms with Gasteiger partial charge >= 0.3 is 0 Å². The van der Waals surface area contributed by atoms with E-state index in [0.29, 0.717) is 12.3 Å². The number of carbonyl (C=O) groups is 3. The zero-order valence-electron chi connectivity index (χ0n) is 12.7. The third-order valence-electron chi connectivity index (χ3n) is 4.10. The molecule has 1 unspecified atom stereocenters. The molecule has 0 aromatic carbocycles. The molecule has 1 atom stereocenters. The average Bonchev–Trinajstić information content (AvgIpc) is 2.25. The fourth-order valence-electron chi connectivity index (χ4n) is 2.97. The molecule has 0 spiro atoms. The summed E-state index contributed by atoms with van der Waals surface area (Å²) in [4.78, 5) is 37.2. The second-order valence-corrected chi connectivity index (χ2v) is 7.08. The summed E-state index contributed by atoms with van der Waals surface area (Å²) in [6, 6.07) is -0.508. The van der Waals surface area contributed by atoms with E-state index in [4.69, 9.17) is 5.73 Å². The van der Waals surface area contributed by atoms with Crippen molar-refractivity contribution in [2.45, 2.75) is 54.0 Å². The molecule has 0 aromatic heterocycles. The van der Waals surface area contributed by atoms with Crippen LogP contribution in [0.4, 0.5) is 0 Å². The van der Waals surface area contributed by atoms with Gasteiger partial charge in [0.05, 0.1) is 16.7 Å². The largest absolute Gasteiger partial charge is 0.327 e. The van der Waals surface area contributed by atoms with Crippen molar-refractivity contribution in [1.29, 1.82) is 0 Å². The lowest BCUT2D eigenvalue weighted by Crippen LogP contribution is -2.61. The second kappa shape index (κ2) is 4.82. The van der Waals surface area contributed by atoms with E-state index in [0.717, 1.165) is 0 Å². The third-order valence-corrected chi connectivity index (χ3v) is 4.10. The van der Waals surface area contributed by atoms with Gasteiger partial charge in [0.25, 0.3) is 0 Å². The van der Waals surface area contributed by atoms with Crippen molar-refractivity contribution in [3.8, 4) is 0 Å². The summed E-state index contributed by atoms with van der Waals surface area (Å²) in [6.07, 6.45) is 0.600. The predicted octanol–water partition coefficient (Wildman–Crippen LogP) is 1.75. The summed E-state index contributed by atoms with van der Waals surface area (Å²) in [5, 5.41) is 0. The van der Waals surface area contributed by atoms with Crippen LogP contribution < -0.4 is 5.73 Å². The van der Waals surface area contributed by atoms with Gasteiger partial charge in [-0.2, -0.15) is 0 Å². The molecule has 1 rings (SSSR count). The van der Waals surface area contributed by atoms with Crippen molar-refractivity contribution in [2.75, 3.05) is 0 Å². The quantitative estimate of drug-likeness (QED) is 0.790. The van der Waals surface area contributed by atoms with Gasteiger partial charge in [0, 0.05) is 6.04 Å². The van der Waals surface area contributed by atoms with E-state index < -0.39 is 22.8 Å². The van der Waals surface area contributed by atoms with Crippen LogP contribution in [0.15, 0.2) is 0 Å². The molecule has 1 saturated carbocycles. The van der Waals surface area contributed by atoms with Crippen molar-refractivity contribution >= 4 is 17.3 Å². The Kier molecular flexibility index (Phi) is 4.06. The van der Waals surface area contributed by atoms with Crippen LogP contribution in [-0.2, 0) is 14.4 Å². The Balaban J connectivity index is 3.21. The van der Waals surface area contributed by atoms with Crippen molar-refractivity contribution in [2.24, 2.45) is 28.4 Å². The minimum Gasteiger partial charge on any atom is -0.327 e. The summed E-state index contributed by atoms with van der Waals surface area (Å²) in [6.45, 7) is 10.4. The molecule has 0 heterocycles. The fourth-order valence-corrected chi connectivity index (χ4v) is 2.97. The Bertz CT molecular complexity index is 391. The molecule has 0 bridgehead atoms. The summed E-state index contributed by atoms with van der Waals surface area (Å²) >= 11 is 0. The highest BCUT2D eigenvalue weighted by atomic mass is 16.2. The fraction of sp³-hybridized carbons (Fsp3) is 0.800. The van der Waals surface area contributed by atoms with Crippen molar-refractivity contribution in [3.63, 3.8) is 0 Å². The molecule has 0 aromatic rings. The number of carbonyl (C=O) groups excluding carboxylic acids is 3. The van der Waals surface area contributed by atoms with Gasteiger partial charge < -0.3 is 5.73 Å². The number of hydrogen-bond acceptors (Lipinski definition) is 4. The maximum Gasteiger partial charge on any atom is 0.158 e. The smallest absolute Gasteiger partial charge is 0.158 e. The molecule has 4 heteroatoms. The molecular formula is C15H25NO3. The first kappa shape index (κ1) is 16.0. The van der Waals surface area contributed by atoms with Gasteiger partial charge in [-0.05, 0) is 40.0 Å². The minimum atomic E-state index is -1.13. The van der Waals surface area contributed by atoms with E-state index in [9.17, 15) is 14.4 Å². The van der Waals surface area contributed by atoms with Crippen LogP contribution in [0.25, 0.3) is 0 Å². The van der Waals surface area contributed by atoms with Crippen LogP contribution in [-0.4, -0.2) is 23.4 Å². The number of Topliss-reactive ketones (excluding diaryl/α,β-unsaturated/α-hetero) is 3. The first-order valence-corrected chi connectivity index (χ1v) is 6.83. The molecule has 0 aliphatic heterocycles. The van der Waals surface area contributed by atoms with E-state index in [-0.39, 0.29) is 17.3 Å². The Morgan fingerprint density at radius 1 is 1.00 bits per heavy atom. The first-order chi connectivity index (χ1) is 8.44. The highest BCUT2D eigenvalue weighted by molar-refractivity contribution is 6.28. The lowest BCUT2D eigenvalue weighted by molar-refractivity contribution is -0.160. The monoisotopic (exact) mass is 267 g/mol. The van der Waals surface area contributed by atoms with Gasteiger partial charge in [-0.15, -0.1) is 0 Å². The molecule has 0 saturated heterocycles. The maximum absolute atomic E-state index is 12.5. The number of hydrogen-bond donors (Lipinski definition) is 1. The summed E-state index contributed by atoms with van der Waals surface area (Å²) < 4.78 is 0. The summed E-state index contributed by atoms with van der Waals surface area (Å²) in [7, 11) is 0. The predicted molar refractivity (Wildman–Crippen MR) is 73.5 cm³/mol. The maximum atomic E-state index is 12.5. The van der Waals surface area contributed by atoms with E-state index in [1.807, 2.05) is 13.8 Å². The van der Waals surface area contributed by atoms with E-state index in [1.54, 1.807) is 27.7 Å². The number of rotatable bonds is 3. The molecule has 2 N–H and O–H groups in total. The van der Waals surface area contributed by atoms with Crippen LogP contribution in [0.3, 0.4) is 0 Å². The van der Waals surface area contributed by atoms with Gasteiger partial charge in [-0.3, -0.25) is 14.4 Å². The molecule has 0 radical (unpaired) electrons. The number of ketones is 3. The van der Waals surface area contributed by atoms with E-state index in [1.165, 1.54) is 0 Å². The zero-order chi connectivity index (χ0) is 15.2. The van der Waals surface area contributed by atoms with Crippen LogP contribution in [0.5, 0.6) is 0 Å². The normalized spacial score (nSPS) is 24.9. The lowest BCUT2D eigenvalue weighted by atomic mass is 9.57. The highest BCUT2D eigenvalue weighted by Gasteiger charge is 2.58. The Hall–Kier alpha value is -1.03. The van der Waals surface area contributed by atoms with E-state index in [2.05, 4.69) is 0 Å². The Morgan fingerprint density at radius 2 is 1.37 bits per heavy atom. The van der Waals surface area contributed by atoms with Gasteiger partial charge in [-0.25, -0.2) is 0 Å². The molecule has 4 nitrogen and oxygen atoms in total. The molecule has 19 heavy (non-hydrogen) atoms. The van der Waals surface area contributed by atoms with Crippen molar-refractivity contribution in [1.82, 2.24) is 0 Å².